The van der Waals surface area contributed by atoms with E-state index in [0.717, 1.165) is 22.9 Å². The predicted molar refractivity (Wildman–Crippen MR) is 91.9 cm³/mol. The van der Waals surface area contributed by atoms with E-state index in [2.05, 4.69) is 15.1 Å². The Kier molecular flexibility index (Phi) is 5.01. The van der Waals surface area contributed by atoms with E-state index in [9.17, 15) is 0 Å². The Morgan fingerprint density at radius 2 is 1.91 bits per heavy atom. The number of hydrogen-bond donors (Lipinski definition) is 2. The van der Waals surface area contributed by atoms with Crippen LogP contribution in [0.4, 0.5) is 5.69 Å². The second-order valence-corrected chi connectivity index (χ2v) is 6.32. The molecule has 0 amide bonds. The highest BCUT2D eigenvalue weighted by Crippen LogP contribution is 2.37. The number of aromatic nitrogens is 2. The van der Waals surface area contributed by atoms with Crippen molar-refractivity contribution < 1.29 is 0 Å². The molecule has 1 fully saturated rings. The molecule has 1 aromatic heterocycles. The molecule has 0 aliphatic heterocycles. The Balaban J connectivity index is 1.97. The molecule has 0 spiro atoms. The van der Waals surface area contributed by atoms with Crippen LogP contribution in [0.5, 0.6) is 0 Å². The molecule has 0 saturated heterocycles. The summed E-state index contributed by atoms with van der Waals surface area (Å²) in [6, 6.07) is 7.87. The minimum absolute atomic E-state index is 0.562. The largest absolute Gasteiger partial charge is 0.381 e. The van der Waals surface area contributed by atoms with Crippen molar-refractivity contribution in [2.24, 2.45) is 5.73 Å². The Hall–Kier alpha value is -1.52. The van der Waals surface area contributed by atoms with E-state index in [-0.39, 0.29) is 0 Å². The molecule has 1 saturated carbocycles. The molecular formula is C17H23ClN4. The summed E-state index contributed by atoms with van der Waals surface area (Å²) in [5, 5.41) is 8.79. The smallest absolute Gasteiger partial charge is 0.0767 e. The fraction of sp³-hybridized carbons (Fsp3) is 0.471. The van der Waals surface area contributed by atoms with E-state index >= 15 is 0 Å². The van der Waals surface area contributed by atoms with Crippen molar-refractivity contribution in [3.63, 3.8) is 0 Å². The van der Waals surface area contributed by atoms with Crippen LogP contribution >= 0.6 is 11.6 Å². The molecule has 1 aromatic carbocycles. The fourth-order valence-electron chi connectivity index (χ4n) is 3.26. The van der Waals surface area contributed by atoms with E-state index in [1.165, 1.54) is 37.8 Å². The average molecular weight is 319 g/mol. The molecule has 4 nitrogen and oxygen atoms in total. The number of nitrogens with two attached hydrogens (primary N) is 1. The van der Waals surface area contributed by atoms with E-state index in [0.29, 0.717) is 12.5 Å². The van der Waals surface area contributed by atoms with Crippen molar-refractivity contribution in [3.8, 4) is 5.69 Å². The summed E-state index contributed by atoms with van der Waals surface area (Å²) in [5.74, 6) is 0.562. The number of nitrogens with zero attached hydrogens (tertiary/aromatic N) is 2. The standard InChI is InChI=1S/C17H23ClN4/c18-14-6-8-15(9-7-14)22-17(13-4-2-1-3-5-13)16(12-21-22)20-11-10-19/h6-9,12-13,20H,1-5,10-11,19H2. The number of benzene rings is 1. The third-order valence-electron chi connectivity index (χ3n) is 4.33. The second kappa shape index (κ2) is 7.16. The molecule has 2 aromatic rings. The summed E-state index contributed by atoms with van der Waals surface area (Å²) in [7, 11) is 0. The van der Waals surface area contributed by atoms with Crippen molar-refractivity contribution in [1.82, 2.24) is 9.78 Å². The molecule has 1 aliphatic carbocycles. The molecule has 22 heavy (non-hydrogen) atoms. The lowest BCUT2D eigenvalue weighted by atomic mass is 9.86. The van der Waals surface area contributed by atoms with Gasteiger partial charge in [0.05, 0.1) is 23.3 Å². The molecule has 0 radical (unpaired) electrons. The molecule has 118 valence electrons. The van der Waals surface area contributed by atoms with Gasteiger partial charge in [0.25, 0.3) is 0 Å². The highest BCUT2D eigenvalue weighted by Gasteiger charge is 2.23. The van der Waals surface area contributed by atoms with Crippen molar-refractivity contribution in [3.05, 3.63) is 41.2 Å². The molecule has 3 N–H and O–H groups in total. The summed E-state index contributed by atoms with van der Waals surface area (Å²) in [4.78, 5) is 0. The lowest BCUT2D eigenvalue weighted by Crippen LogP contribution is -2.16. The first-order valence-corrected chi connectivity index (χ1v) is 8.45. The van der Waals surface area contributed by atoms with Crippen LogP contribution < -0.4 is 11.1 Å². The molecule has 5 heteroatoms. The zero-order valence-electron chi connectivity index (χ0n) is 12.8. The van der Waals surface area contributed by atoms with Crippen molar-refractivity contribution >= 4 is 17.3 Å². The van der Waals surface area contributed by atoms with E-state index < -0.39 is 0 Å². The van der Waals surface area contributed by atoms with E-state index in [1.807, 2.05) is 30.5 Å². The lowest BCUT2D eigenvalue weighted by Gasteiger charge is -2.24. The van der Waals surface area contributed by atoms with Gasteiger partial charge in [-0.05, 0) is 37.1 Å². The van der Waals surface area contributed by atoms with Crippen molar-refractivity contribution in [2.45, 2.75) is 38.0 Å². The van der Waals surface area contributed by atoms with Crippen LogP contribution in [0.15, 0.2) is 30.5 Å². The first-order chi connectivity index (χ1) is 10.8. The highest BCUT2D eigenvalue weighted by molar-refractivity contribution is 6.30. The van der Waals surface area contributed by atoms with Crippen LogP contribution in [0.2, 0.25) is 5.02 Å². The van der Waals surface area contributed by atoms with Gasteiger partial charge in [-0.15, -0.1) is 0 Å². The van der Waals surface area contributed by atoms with Crippen molar-refractivity contribution in [1.29, 1.82) is 0 Å². The predicted octanol–water partition coefficient (Wildman–Crippen LogP) is 3.94. The van der Waals surface area contributed by atoms with Gasteiger partial charge in [0.15, 0.2) is 0 Å². The third-order valence-corrected chi connectivity index (χ3v) is 4.58. The topological polar surface area (TPSA) is 55.9 Å². The minimum atomic E-state index is 0.562. The quantitative estimate of drug-likeness (QED) is 0.877. The van der Waals surface area contributed by atoms with Crippen LogP contribution in [0.1, 0.15) is 43.7 Å². The zero-order chi connectivity index (χ0) is 15.4. The lowest BCUT2D eigenvalue weighted by molar-refractivity contribution is 0.430. The number of halogens is 1. The van der Waals surface area contributed by atoms with Gasteiger partial charge >= 0.3 is 0 Å². The fourth-order valence-corrected chi connectivity index (χ4v) is 3.38. The Bertz CT molecular complexity index is 600. The summed E-state index contributed by atoms with van der Waals surface area (Å²) < 4.78 is 2.06. The molecule has 0 unspecified atom stereocenters. The van der Waals surface area contributed by atoms with Crippen molar-refractivity contribution in [2.75, 3.05) is 18.4 Å². The minimum Gasteiger partial charge on any atom is -0.381 e. The second-order valence-electron chi connectivity index (χ2n) is 5.88. The number of hydrogen-bond acceptors (Lipinski definition) is 3. The Morgan fingerprint density at radius 1 is 1.18 bits per heavy atom. The summed E-state index contributed by atoms with van der Waals surface area (Å²) in [6.07, 6.45) is 8.33. The van der Waals surface area contributed by atoms with Crippen LogP contribution in [-0.2, 0) is 0 Å². The van der Waals surface area contributed by atoms with Gasteiger partial charge in [0.2, 0.25) is 0 Å². The monoisotopic (exact) mass is 318 g/mol. The molecule has 0 atom stereocenters. The van der Waals surface area contributed by atoms with Crippen LogP contribution in [-0.4, -0.2) is 22.9 Å². The van der Waals surface area contributed by atoms with Gasteiger partial charge in [-0.25, -0.2) is 4.68 Å². The molecular weight excluding hydrogens is 296 g/mol. The maximum Gasteiger partial charge on any atom is 0.0767 e. The Labute approximate surface area is 136 Å². The number of anilines is 1. The third kappa shape index (κ3) is 3.28. The van der Waals surface area contributed by atoms with Gasteiger partial charge < -0.3 is 11.1 Å². The van der Waals surface area contributed by atoms with Gasteiger partial charge in [-0.1, -0.05) is 30.9 Å². The number of rotatable bonds is 5. The molecule has 1 aliphatic rings. The highest BCUT2D eigenvalue weighted by atomic mass is 35.5. The van der Waals surface area contributed by atoms with Crippen LogP contribution in [0.3, 0.4) is 0 Å². The Morgan fingerprint density at radius 3 is 2.59 bits per heavy atom. The first kappa shape index (κ1) is 15.4. The van der Waals surface area contributed by atoms with Gasteiger partial charge in [-0.2, -0.15) is 5.10 Å². The molecule has 0 bridgehead atoms. The summed E-state index contributed by atoms with van der Waals surface area (Å²) >= 11 is 6.01. The van der Waals surface area contributed by atoms with E-state index in [1.54, 1.807) is 0 Å². The van der Waals surface area contributed by atoms with Gasteiger partial charge in [0.1, 0.15) is 0 Å². The first-order valence-electron chi connectivity index (χ1n) is 8.07. The maximum absolute atomic E-state index is 6.01. The molecule has 3 rings (SSSR count). The van der Waals surface area contributed by atoms with Crippen LogP contribution in [0, 0.1) is 0 Å². The average Bonchev–Trinajstić information content (AvgIpc) is 2.98. The zero-order valence-corrected chi connectivity index (χ0v) is 13.5. The van der Waals surface area contributed by atoms with Gasteiger partial charge in [0, 0.05) is 24.0 Å². The SMILES string of the molecule is NCCNc1cnn(-c2ccc(Cl)cc2)c1C1CCCCC1. The van der Waals surface area contributed by atoms with E-state index in [4.69, 9.17) is 17.3 Å². The maximum atomic E-state index is 6.01. The normalized spacial score (nSPS) is 15.9. The summed E-state index contributed by atoms with van der Waals surface area (Å²) in [5.41, 5.74) is 9.10. The molecule has 1 heterocycles. The number of nitrogens with one attached hydrogen (secondary N) is 1. The van der Waals surface area contributed by atoms with Gasteiger partial charge in [-0.3, -0.25) is 0 Å². The summed E-state index contributed by atoms with van der Waals surface area (Å²) in [6.45, 7) is 1.39. The van der Waals surface area contributed by atoms with Crippen LogP contribution in [0.25, 0.3) is 5.69 Å².